The summed E-state index contributed by atoms with van der Waals surface area (Å²) in [7, 11) is -4.02. The molecule has 10 nitrogen and oxygen atoms in total. The largest absolute Gasteiger partial charge is 0.469 e. The van der Waals surface area contributed by atoms with E-state index in [2.05, 4.69) is 5.32 Å². The molecule has 0 radical (unpaired) electrons. The maximum atomic E-state index is 13.7. The van der Waals surface area contributed by atoms with E-state index in [-0.39, 0.29) is 30.2 Å². The van der Waals surface area contributed by atoms with Gasteiger partial charge in [0.2, 0.25) is 10.0 Å². The molecule has 3 rings (SSSR count). The van der Waals surface area contributed by atoms with Crippen LogP contribution in [0.25, 0.3) is 0 Å². The van der Waals surface area contributed by atoms with E-state index in [1.807, 2.05) is 44.2 Å². The molecular weight excluding hydrogens is 508 g/mol. The third-order valence-corrected chi connectivity index (χ3v) is 7.93. The number of aliphatic hydroxyl groups excluding tert-OH is 1. The molecule has 3 aromatic rings. The van der Waals surface area contributed by atoms with Crippen LogP contribution < -0.4 is 21.5 Å². The highest BCUT2D eigenvalue weighted by molar-refractivity contribution is 7.89. The van der Waals surface area contributed by atoms with E-state index < -0.39 is 33.7 Å². The Morgan fingerprint density at radius 3 is 2.42 bits per heavy atom. The maximum absolute atomic E-state index is 13.7. The van der Waals surface area contributed by atoms with E-state index in [9.17, 15) is 18.3 Å². The first-order valence-corrected chi connectivity index (χ1v) is 13.7. The average molecular weight is 545 g/mol. The molecule has 0 saturated carbocycles. The highest BCUT2D eigenvalue weighted by Crippen LogP contribution is 2.27. The number of hydrogen-bond acceptors (Lipinski definition) is 8. The second-order valence-electron chi connectivity index (χ2n) is 9.93. The first-order valence-electron chi connectivity index (χ1n) is 12.3. The number of nitrogens with one attached hydrogen (secondary N) is 1. The monoisotopic (exact) mass is 544 g/mol. The number of anilines is 1. The quantitative estimate of drug-likeness (QED) is 0.239. The van der Waals surface area contributed by atoms with Crippen molar-refractivity contribution in [3.05, 3.63) is 78.8 Å². The average Bonchev–Trinajstić information content (AvgIpc) is 3.37. The number of carbonyl (C=O) groups is 1. The first-order chi connectivity index (χ1) is 18.0. The Morgan fingerprint density at radius 1 is 1.13 bits per heavy atom. The van der Waals surface area contributed by atoms with Gasteiger partial charge in [-0.3, -0.25) is 0 Å². The van der Waals surface area contributed by atoms with Crippen LogP contribution in [0.15, 0.2) is 82.5 Å². The molecule has 206 valence electrons. The Hall–Kier alpha value is -3.38. The lowest BCUT2D eigenvalue weighted by Crippen LogP contribution is -2.52. The summed E-state index contributed by atoms with van der Waals surface area (Å²) in [6, 6.07) is 15.8. The fourth-order valence-electron chi connectivity index (χ4n) is 4.07. The van der Waals surface area contributed by atoms with E-state index in [4.69, 9.17) is 20.6 Å². The van der Waals surface area contributed by atoms with Gasteiger partial charge in [0.05, 0.1) is 23.3 Å². The standard InChI is InChI=1S/C27H36N4O6S/c1-27(2,13-14-28)19-31(38(34,35)23-10-8-21(29)9-11-23)17-25(32)24(16-20-6-4-3-5-7-20)30-26(33)37-22-12-15-36-18-22/h3-12,15,18,24-25,32H,13-14,16-17,19,28-29H2,1-2H3,(H,30,33)/t24-,25-/m0/s1. The van der Waals surface area contributed by atoms with Gasteiger partial charge >= 0.3 is 6.09 Å². The second-order valence-corrected chi connectivity index (χ2v) is 11.9. The molecule has 0 fully saturated rings. The number of furan rings is 1. The molecule has 11 heteroatoms. The van der Waals surface area contributed by atoms with Gasteiger partial charge in [-0.25, -0.2) is 13.2 Å². The highest BCUT2D eigenvalue weighted by atomic mass is 32.2. The summed E-state index contributed by atoms with van der Waals surface area (Å²) in [5.74, 6) is 0.200. The molecule has 1 amide bonds. The van der Waals surface area contributed by atoms with Gasteiger partial charge in [-0.15, -0.1) is 0 Å². The minimum atomic E-state index is -4.02. The number of aliphatic hydroxyl groups is 1. The topological polar surface area (TPSA) is 161 Å². The zero-order valence-electron chi connectivity index (χ0n) is 21.6. The summed E-state index contributed by atoms with van der Waals surface area (Å²) < 4.78 is 38.8. The summed E-state index contributed by atoms with van der Waals surface area (Å²) in [5.41, 5.74) is 12.3. The van der Waals surface area contributed by atoms with Crippen molar-refractivity contribution >= 4 is 21.8 Å². The van der Waals surface area contributed by atoms with Gasteiger partial charge in [0.1, 0.15) is 6.26 Å². The molecule has 1 aromatic heterocycles. The number of sulfonamides is 1. The number of carbonyl (C=O) groups excluding carboxylic acids is 1. The van der Waals surface area contributed by atoms with Crippen molar-refractivity contribution in [3.8, 4) is 5.75 Å². The molecular formula is C27H36N4O6S. The van der Waals surface area contributed by atoms with Crippen LogP contribution in [-0.2, 0) is 16.4 Å². The van der Waals surface area contributed by atoms with Gasteiger partial charge in [-0.05, 0) is 54.6 Å². The first kappa shape index (κ1) is 29.2. The molecule has 0 aliphatic rings. The predicted octanol–water partition coefficient (Wildman–Crippen LogP) is 2.99. The fourth-order valence-corrected chi connectivity index (χ4v) is 5.72. The summed E-state index contributed by atoms with van der Waals surface area (Å²) in [6.45, 7) is 4.04. The Morgan fingerprint density at radius 2 is 1.82 bits per heavy atom. The molecule has 2 atom stereocenters. The van der Waals surface area contributed by atoms with Crippen LogP contribution >= 0.6 is 0 Å². The van der Waals surface area contributed by atoms with Crippen LogP contribution in [0.1, 0.15) is 25.8 Å². The van der Waals surface area contributed by atoms with Crippen molar-refractivity contribution in [2.75, 3.05) is 25.4 Å². The minimum Gasteiger partial charge on any atom is -0.469 e. The zero-order chi connectivity index (χ0) is 27.8. The third-order valence-electron chi connectivity index (χ3n) is 6.11. The van der Waals surface area contributed by atoms with Crippen molar-refractivity contribution in [1.82, 2.24) is 9.62 Å². The van der Waals surface area contributed by atoms with E-state index in [0.29, 0.717) is 18.7 Å². The summed E-state index contributed by atoms with van der Waals surface area (Å²) in [4.78, 5) is 12.7. The van der Waals surface area contributed by atoms with Crippen LogP contribution in [0.5, 0.6) is 5.75 Å². The van der Waals surface area contributed by atoms with Crippen molar-refractivity contribution in [1.29, 1.82) is 0 Å². The molecule has 0 aliphatic carbocycles. The van der Waals surface area contributed by atoms with Crippen LogP contribution in [0.2, 0.25) is 0 Å². The van der Waals surface area contributed by atoms with Gasteiger partial charge in [0, 0.05) is 24.8 Å². The Bertz CT molecular complexity index is 1250. The van der Waals surface area contributed by atoms with Crippen molar-refractivity contribution in [3.63, 3.8) is 0 Å². The van der Waals surface area contributed by atoms with Crippen LogP contribution in [-0.4, -0.2) is 55.7 Å². The van der Waals surface area contributed by atoms with E-state index in [1.54, 1.807) is 0 Å². The molecule has 0 unspecified atom stereocenters. The molecule has 38 heavy (non-hydrogen) atoms. The number of benzene rings is 2. The smallest absolute Gasteiger partial charge is 0.413 e. The summed E-state index contributed by atoms with van der Waals surface area (Å²) >= 11 is 0. The Balaban J connectivity index is 1.88. The van der Waals surface area contributed by atoms with Gasteiger partial charge < -0.3 is 31.0 Å². The molecule has 0 saturated heterocycles. The lowest BCUT2D eigenvalue weighted by molar-refractivity contribution is 0.0918. The molecule has 0 spiro atoms. The molecule has 0 aliphatic heterocycles. The normalized spacial score (nSPS) is 13.7. The van der Waals surface area contributed by atoms with E-state index >= 15 is 0 Å². The SMILES string of the molecule is CC(C)(CCN)CN(C[C@H](O)[C@H](Cc1ccccc1)NC(=O)Oc1ccoc1)S(=O)(=O)c1ccc(N)cc1. The fraction of sp³-hybridized carbons (Fsp3) is 0.370. The number of amides is 1. The molecule has 0 bridgehead atoms. The number of hydrogen-bond donors (Lipinski definition) is 4. The lowest BCUT2D eigenvalue weighted by Gasteiger charge is -2.34. The Labute approximate surface area is 223 Å². The molecule has 2 aromatic carbocycles. The Kier molecular flexibility index (Phi) is 9.92. The number of nitrogens with two attached hydrogens (primary N) is 2. The van der Waals surface area contributed by atoms with Gasteiger partial charge in [-0.2, -0.15) is 4.31 Å². The van der Waals surface area contributed by atoms with Gasteiger partial charge in [0.15, 0.2) is 5.75 Å². The van der Waals surface area contributed by atoms with Crippen molar-refractivity contribution in [2.24, 2.45) is 11.1 Å². The number of rotatable bonds is 13. The second kappa shape index (κ2) is 12.9. The predicted molar refractivity (Wildman–Crippen MR) is 145 cm³/mol. The van der Waals surface area contributed by atoms with E-state index in [0.717, 1.165) is 5.56 Å². The highest BCUT2D eigenvalue weighted by Gasteiger charge is 2.34. The van der Waals surface area contributed by atoms with Crippen LogP contribution in [0.4, 0.5) is 10.5 Å². The van der Waals surface area contributed by atoms with Crippen molar-refractivity contribution < 1.29 is 27.5 Å². The van der Waals surface area contributed by atoms with Crippen molar-refractivity contribution in [2.45, 2.75) is 43.7 Å². The van der Waals surface area contributed by atoms with Gasteiger partial charge in [-0.1, -0.05) is 44.2 Å². The summed E-state index contributed by atoms with van der Waals surface area (Å²) in [6.07, 6.45) is 1.36. The van der Waals surface area contributed by atoms with E-state index in [1.165, 1.54) is 47.2 Å². The number of nitrogen functional groups attached to an aromatic ring is 1. The maximum Gasteiger partial charge on any atom is 0.413 e. The number of ether oxygens (including phenoxy) is 1. The van der Waals surface area contributed by atoms with Crippen LogP contribution in [0, 0.1) is 5.41 Å². The zero-order valence-corrected chi connectivity index (χ0v) is 22.4. The molecule has 6 N–H and O–H groups in total. The lowest BCUT2D eigenvalue weighted by atomic mass is 9.89. The van der Waals surface area contributed by atoms with Gasteiger partial charge in [0.25, 0.3) is 0 Å². The third kappa shape index (κ3) is 8.32. The minimum absolute atomic E-state index is 0.0504. The molecule has 1 heterocycles. The number of nitrogens with zero attached hydrogens (tertiary/aromatic N) is 1. The van der Waals surface area contributed by atoms with Crippen LogP contribution in [0.3, 0.4) is 0 Å². The summed E-state index contributed by atoms with van der Waals surface area (Å²) in [5, 5.41) is 14.0.